The number of carbonyl (C=O) groups is 1. The third kappa shape index (κ3) is 3.65. The zero-order chi connectivity index (χ0) is 20.5. The van der Waals surface area contributed by atoms with Gasteiger partial charge in [-0.15, -0.1) is 5.10 Å². The summed E-state index contributed by atoms with van der Waals surface area (Å²) in [6.45, 7) is 4.20. The first-order valence-electron chi connectivity index (χ1n) is 10.2. The Morgan fingerprint density at radius 2 is 2.17 bits per heavy atom. The molecule has 1 heterocycles. The third-order valence-corrected chi connectivity index (χ3v) is 5.99. The Kier molecular flexibility index (Phi) is 5.37. The molecule has 0 aliphatic heterocycles. The van der Waals surface area contributed by atoms with E-state index in [9.17, 15) is 9.90 Å². The second kappa shape index (κ2) is 7.95. The molecule has 0 bridgehead atoms. The van der Waals surface area contributed by atoms with Crippen molar-refractivity contribution in [3.63, 3.8) is 0 Å². The highest BCUT2D eigenvalue weighted by molar-refractivity contribution is 5.80. The number of hydrogen-bond donors (Lipinski definition) is 1. The molecule has 2 unspecified atom stereocenters. The van der Waals surface area contributed by atoms with Crippen molar-refractivity contribution in [3.05, 3.63) is 58.1 Å². The molecule has 6 nitrogen and oxygen atoms in total. The van der Waals surface area contributed by atoms with Crippen molar-refractivity contribution in [2.45, 2.75) is 51.6 Å². The Balaban J connectivity index is 1.81. The van der Waals surface area contributed by atoms with Crippen molar-refractivity contribution in [2.75, 3.05) is 6.61 Å². The van der Waals surface area contributed by atoms with Crippen LogP contribution in [-0.4, -0.2) is 32.7 Å². The van der Waals surface area contributed by atoms with Gasteiger partial charge in [0.1, 0.15) is 5.52 Å². The van der Waals surface area contributed by atoms with Gasteiger partial charge in [0.15, 0.2) is 0 Å². The molecule has 2 aromatic carbocycles. The van der Waals surface area contributed by atoms with Gasteiger partial charge < -0.3 is 9.84 Å². The minimum Gasteiger partial charge on any atom is -0.466 e. The van der Waals surface area contributed by atoms with Crippen LogP contribution in [0.3, 0.4) is 0 Å². The number of benzene rings is 2. The first-order chi connectivity index (χ1) is 14.0. The van der Waals surface area contributed by atoms with Gasteiger partial charge in [0, 0.05) is 13.0 Å². The zero-order valence-electron chi connectivity index (χ0n) is 17.2. The average Bonchev–Trinajstić information content (AvgIpc) is 3.09. The highest BCUT2D eigenvalue weighted by atomic mass is 16.5. The summed E-state index contributed by atoms with van der Waals surface area (Å²) < 4.78 is 7.01. The molecule has 0 fully saturated rings. The van der Waals surface area contributed by atoms with Crippen molar-refractivity contribution >= 4 is 17.0 Å². The van der Waals surface area contributed by atoms with Crippen LogP contribution >= 0.6 is 0 Å². The second-order valence-electron chi connectivity index (χ2n) is 7.79. The molecule has 0 saturated heterocycles. The predicted octanol–water partition coefficient (Wildman–Crippen LogP) is 3.73. The Hall–Kier alpha value is -2.73. The van der Waals surface area contributed by atoms with E-state index < -0.39 is 6.10 Å². The number of hydrogen-bond acceptors (Lipinski definition) is 5. The number of nitrogens with zero attached hydrogens (tertiary/aromatic N) is 3. The van der Waals surface area contributed by atoms with Crippen molar-refractivity contribution in [1.82, 2.24) is 15.0 Å². The third-order valence-electron chi connectivity index (χ3n) is 5.99. The first kappa shape index (κ1) is 19.6. The number of carbonyl (C=O) groups excluding carboxylic acids is 1. The number of aliphatic hydroxyl groups excluding tert-OH is 1. The zero-order valence-corrected chi connectivity index (χ0v) is 17.2. The van der Waals surface area contributed by atoms with Crippen LogP contribution in [0.5, 0.6) is 0 Å². The van der Waals surface area contributed by atoms with Crippen LogP contribution in [0, 0.1) is 6.92 Å². The smallest absolute Gasteiger partial charge is 0.306 e. The molecule has 3 aromatic rings. The lowest BCUT2D eigenvalue weighted by Gasteiger charge is -2.25. The lowest BCUT2D eigenvalue weighted by atomic mass is 9.81. The molecular weight excluding hydrogens is 366 g/mol. The van der Waals surface area contributed by atoms with Gasteiger partial charge in [0.05, 0.1) is 24.6 Å². The van der Waals surface area contributed by atoms with Crippen LogP contribution in [0.4, 0.5) is 0 Å². The van der Waals surface area contributed by atoms with Crippen LogP contribution in [0.1, 0.15) is 66.0 Å². The standard InChI is InChI=1S/C23H27N3O3/c1-4-29-22(28)13-18(16-9-8-15-6-5-7-21(27)19(15)12-16)17-10-11-20-23(14(17)2)24-25-26(20)3/h8-12,18,21,27H,4-7,13H2,1-3H3. The maximum atomic E-state index is 12.4. The summed E-state index contributed by atoms with van der Waals surface area (Å²) in [5, 5.41) is 18.9. The Morgan fingerprint density at radius 3 is 2.97 bits per heavy atom. The van der Waals surface area contributed by atoms with E-state index in [4.69, 9.17) is 4.74 Å². The van der Waals surface area contributed by atoms with Gasteiger partial charge in [-0.05, 0) is 67.0 Å². The van der Waals surface area contributed by atoms with E-state index in [1.807, 2.05) is 27.0 Å². The fourth-order valence-electron chi connectivity index (χ4n) is 4.43. The van der Waals surface area contributed by atoms with E-state index in [-0.39, 0.29) is 18.3 Å². The number of ether oxygens (including phenoxy) is 1. The molecule has 6 heteroatoms. The maximum absolute atomic E-state index is 12.4. The SMILES string of the molecule is CCOC(=O)CC(c1ccc2c(c1)C(O)CCC2)c1ccc2c(nnn2C)c1C. The Bertz CT molecular complexity index is 1060. The van der Waals surface area contributed by atoms with Gasteiger partial charge >= 0.3 is 5.97 Å². The van der Waals surface area contributed by atoms with Crippen molar-refractivity contribution < 1.29 is 14.6 Å². The van der Waals surface area contributed by atoms with Crippen LogP contribution < -0.4 is 0 Å². The van der Waals surface area contributed by atoms with Crippen molar-refractivity contribution in [3.8, 4) is 0 Å². The van der Waals surface area contributed by atoms with Crippen molar-refractivity contribution in [1.29, 1.82) is 0 Å². The fourth-order valence-corrected chi connectivity index (χ4v) is 4.43. The van der Waals surface area contributed by atoms with Crippen LogP contribution in [0.2, 0.25) is 0 Å². The summed E-state index contributed by atoms with van der Waals surface area (Å²) in [6, 6.07) is 10.3. The minimum absolute atomic E-state index is 0.167. The quantitative estimate of drug-likeness (QED) is 0.669. The number of aliphatic hydroxyl groups is 1. The topological polar surface area (TPSA) is 77.2 Å². The molecule has 2 atom stereocenters. The molecule has 0 radical (unpaired) electrons. The highest BCUT2D eigenvalue weighted by Gasteiger charge is 2.25. The predicted molar refractivity (Wildman–Crippen MR) is 111 cm³/mol. The summed E-state index contributed by atoms with van der Waals surface area (Å²) in [5.41, 5.74) is 7.06. The number of rotatable bonds is 5. The summed E-state index contributed by atoms with van der Waals surface area (Å²) in [4.78, 5) is 12.4. The number of aromatic nitrogens is 3. The Labute approximate surface area is 170 Å². The maximum Gasteiger partial charge on any atom is 0.306 e. The molecule has 4 rings (SSSR count). The molecule has 1 aliphatic rings. The lowest BCUT2D eigenvalue weighted by molar-refractivity contribution is -0.143. The summed E-state index contributed by atoms with van der Waals surface area (Å²) in [6.07, 6.45) is 2.58. The second-order valence-corrected chi connectivity index (χ2v) is 7.79. The molecule has 1 aliphatic carbocycles. The van der Waals surface area contributed by atoms with Gasteiger partial charge in [0.25, 0.3) is 0 Å². The van der Waals surface area contributed by atoms with E-state index in [0.29, 0.717) is 6.61 Å². The van der Waals surface area contributed by atoms with E-state index in [0.717, 1.165) is 52.5 Å². The molecule has 1 N–H and O–H groups in total. The van der Waals surface area contributed by atoms with Gasteiger partial charge in [-0.2, -0.15) is 0 Å². The first-order valence-corrected chi connectivity index (χ1v) is 10.2. The van der Waals surface area contributed by atoms with E-state index in [2.05, 4.69) is 34.6 Å². The summed E-state index contributed by atoms with van der Waals surface area (Å²) >= 11 is 0. The number of aryl methyl sites for hydroxylation is 3. The molecular formula is C23H27N3O3. The average molecular weight is 393 g/mol. The van der Waals surface area contributed by atoms with Gasteiger partial charge in [-0.3, -0.25) is 4.79 Å². The molecule has 152 valence electrons. The number of fused-ring (bicyclic) bond motifs is 2. The van der Waals surface area contributed by atoms with Gasteiger partial charge in [-0.25, -0.2) is 4.68 Å². The minimum atomic E-state index is -0.439. The summed E-state index contributed by atoms with van der Waals surface area (Å²) in [5.74, 6) is -0.394. The molecule has 0 saturated carbocycles. The van der Waals surface area contributed by atoms with Gasteiger partial charge in [-0.1, -0.05) is 29.5 Å². The lowest BCUT2D eigenvalue weighted by Crippen LogP contribution is -2.15. The normalized spacial score (nSPS) is 17.2. The van der Waals surface area contributed by atoms with Crippen LogP contribution in [0.25, 0.3) is 11.0 Å². The largest absolute Gasteiger partial charge is 0.466 e. The van der Waals surface area contributed by atoms with E-state index >= 15 is 0 Å². The van der Waals surface area contributed by atoms with Gasteiger partial charge in [0.2, 0.25) is 0 Å². The summed E-state index contributed by atoms with van der Waals surface area (Å²) in [7, 11) is 1.87. The monoisotopic (exact) mass is 393 g/mol. The Morgan fingerprint density at radius 1 is 1.34 bits per heavy atom. The molecule has 0 spiro atoms. The van der Waals surface area contributed by atoms with E-state index in [1.54, 1.807) is 4.68 Å². The molecule has 0 amide bonds. The van der Waals surface area contributed by atoms with Crippen LogP contribution in [0.15, 0.2) is 30.3 Å². The molecule has 1 aromatic heterocycles. The fraction of sp³-hybridized carbons (Fsp3) is 0.435. The number of esters is 1. The van der Waals surface area contributed by atoms with Crippen LogP contribution in [-0.2, 0) is 23.0 Å². The van der Waals surface area contributed by atoms with Crippen molar-refractivity contribution in [2.24, 2.45) is 7.05 Å². The van der Waals surface area contributed by atoms with E-state index in [1.165, 1.54) is 5.56 Å². The molecule has 29 heavy (non-hydrogen) atoms. The highest BCUT2D eigenvalue weighted by Crippen LogP contribution is 2.37.